The number of benzene rings is 2. The monoisotopic (exact) mass is 431 g/mol. The Kier molecular flexibility index (Phi) is 5.97. The first-order valence-corrected chi connectivity index (χ1v) is 10.3. The zero-order valence-corrected chi connectivity index (χ0v) is 17.7. The van der Waals surface area contributed by atoms with Gasteiger partial charge in [0, 0.05) is 11.4 Å². The van der Waals surface area contributed by atoms with Crippen molar-refractivity contribution in [2.24, 2.45) is 0 Å². The predicted molar refractivity (Wildman–Crippen MR) is 111 cm³/mol. The van der Waals surface area contributed by atoms with Gasteiger partial charge in [-0.15, -0.1) is 0 Å². The molecule has 0 bridgehead atoms. The molecule has 0 saturated heterocycles. The maximum Gasteiger partial charge on any atom is 0.265 e. The summed E-state index contributed by atoms with van der Waals surface area (Å²) in [6.07, 6.45) is 0. The molecule has 10 heteroatoms. The van der Waals surface area contributed by atoms with Gasteiger partial charge in [-0.05, 0) is 56.3 Å². The zero-order valence-electron chi connectivity index (χ0n) is 16.8. The number of sulfonamides is 1. The Hall–Kier alpha value is -3.53. The van der Waals surface area contributed by atoms with Crippen LogP contribution in [-0.4, -0.2) is 33.7 Å². The number of nitrogens with zero attached hydrogens (tertiary/aromatic N) is 1. The third-order valence-electron chi connectivity index (χ3n) is 4.31. The standard InChI is InChI=1S/C20H21N3O6S/c1-12-19(13(2)29-22-12)20(24)21-15-7-10-17(28-4)18(11-15)30(25,26)23-14-5-8-16(27-3)9-6-14/h5-11,23H,1-4H3,(H,21,24). The van der Waals surface area contributed by atoms with E-state index in [1.165, 1.54) is 26.4 Å². The summed E-state index contributed by atoms with van der Waals surface area (Å²) in [4.78, 5) is 12.4. The van der Waals surface area contributed by atoms with Crippen LogP contribution in [-0.2, 0) is 10.0 Å². The van der Waals surface area contributed by atoms with E-state index >= 15 is 0 Å². The van der Waals surface area contributed by atoms with E-state index in [-0.39, 0.29) is 16.3 Å². The molecule has 158 valence electrons. The molecule has 0 aliphatic rings. The van der Waals surface area contributed by atoms with Crippen LogP contribution in [0.5, 0.6) is 11.5 Å². The number of ether oxygens (including phenoxy) is 2. The van der Waals surface area contributed by atoms with Crippen LogP contribution in [0.1, 0.15) is 21.8 Å². The number of hydrogen-bond donors (Lipinski definition) is 2. The molecule has 0 spiro atoms. The quantitative estimate of drug-likeness (QED) is 0.588. The Balaban J connectivity index is 1.90. The summed E-state index contributed by atoms with van der Waals surface area (Å²) in [5, 5.41) is 6.42. The van der Waals surface area contributed by atoms with Crippen LogP contribution in [0.25, 0.3) is 0 Å². The molecule has 2 N–H and O–H groups in total. The lowest BCUT2D eigenvalue weighted by molar-refractivity contribution is 0.102. The van der Waals surface area contributed by atoms with Crippen LogP contribution in [0.3, 0.4) is 0 Å². The van der Waals surface area contributed by atoms with Crippen molar-refractivity contribution in [3.63, 3.8) is 0 Å². The molecule has 2 aromatic carbocycles. The molecular formula is C20H21N3O6S. The second kappa shape index (κ2) is 8.46. The molecule has 3 aromatic rings. The Labute approximate surface area is 174 Å². The summed E-state index contributed by atoms with van der Waals surface area (Å²) < 4.78 is 43.7. The fourth-order valence-electron chi connectivity index (χ4n) is 2.83. The SMILES string of the molecule is COc1ccc(NS(=O)(=O)c2cc(NC(=O)c3c(C)noc3C)ccc2OC)cc1. The minimum absolute atomic E-state index is 0.127. The van der Waals surface area contributed by atoms with E-state index in [4.69, 9.17) is 14.0 Å². The Morgan fingerprint density at radius 1 is 1.00 bits per heavy atom. The minimum Gasteiger partial charge on any atom is -0.497 e. The van der Waals surface area contributed by atoms with Gasteiger partial charge < -0.3 is 19.3 Å². The van der Waals surface area contributed by atoms with E-state index in [0.717, 1.165) is 0 Å². The highest BCUT2D eigenvalue weighted by atomic mass is 32.2. The fourth-order valence-corrected chi connectivity index (χ4v) is 4.09. The highest BCUT2D eigenvalue weighted by molar-refractivity contribution is 7.92. The van der Waals surface area contributed by atoms with Crippen LogP contribution in [0.15, 0.2) is 51.9 Å². The lowest BCUT2D eigenvalue weighted by atomic mass is 10.2. The number of aryl methyl sites for hydroxylation is 2. The van der Waals surface area contributed by atoms with Gasteiger partial charge >= 0.3 is 0 Å². The summed E-state index contributed by atoms with van der Waals surface area (Å²) in [6.45, 7) is 3.27. The molecule has 1 heterocycles. The summed E-state index contributed by atoms with van der Waals surface area (Å²) in [5.74, 6) is 0.640. The van der Waals surface area contributed by atoms with E-state index in [0.29, 0.717) is 28.5 Å². The summed E-state index contributed by atoms with van der Waals surface area (Å²) >= 11 is 0. The maximum atomic E-state index is 13.0. The van der Waals surface area contributed by atoms with Crippen molar-refractivity contribution in [1.29, 1.82) is 0 Å². The fraction of sp³-hybridized carbons (Fsp3) is 0.200. The lowest BCUT2D eigenvalue weighted by Crippen LogP contribution is -2.16. The Bertz CT molecular complexity index is 1150. The van der Waals surface area contributed by atoms with Crippen molar-refractivity contribution in [3.8, 4) is 11.5 Å². The average Bonchev–Trinajstić information content (AvgIpc) is 3.06. The molecule has 0 radical (unpaired) electrons. The molecule has 3 rings (SSSR count). The van der Waals surface area contributed by atoms with Crippen molar-refractivity contribution < 1.29 is 27.2 Å². The second-order valence-electron chi connectivity index (χ2n) is 6.35. The molecule has 1 amide bonds. The highest BCUT2D eigenvalue weighted by Gasteiger charge is 2.22. The van der Waals surface area contributed by atoms with E-state index in [2.05, 4.69) is 15.2 Å². The first-order chi connectivity index (χ1) is 14.2. The van der Waals surface area contributed by atoms with Crippen LogP contribution in [0, 0.1) is 13.8 Å². The van der Waals surface area contributed by atoms with Gasteiger partial charge in [0.1, 0.15) is 27.7 Å². The molecule has 30 heavy (non-hydrogen) atoms. The average molecular weight is 431 g/mol. The van der Waals surface area contributed by atoms with Gasteiger partial charge in [0.2, 0.25) is 0 Å². The predicted octanol–water partition coefficient (Wildman–Crippen LogP) is 3.36. The van der Waals surface area contributed by atoms with Crippen LogP contribution in [0.2, 0.25) is 0 Å². The normalized spacial score (nSPS) is 11.1. The van der Waals surface area contributed by atoms with Gasteiger partial charge in [-0.25, -0.2) is 8.42 Å². The second-order valence-corrected chi connectivity index (χ2v) is 8.00. The molecule has 0 aliphatic carbocycles. The van der Waals surface area contributed by atoms with Gasteiger partial charge in [-0.1, -0.05) is 5.16 Å². The smallest absolute Gasteiger partial charge is 0.265 e. The third kappa shape index (κ3) is 4.38. The molecule has 0 unspecified atom stereocenters. The number of aromatic nitrogens is 1. The Morgan fingerprint density at radius 2 is 1.67 bits per heavy atom. The first kappa shape index (κ1) is 21.2. The third-order valence-corrected chi connectivity index (χ3v) is 5.72. The van der Waals surface area contributed by atoms with Crippen molar-refractivity contribution in [2.75, 3.05) is 24.3 Å². The van der Waals surface area contributed by atoms with Crippen molar-refractivity contribution in [3.05, 3.63) is 59.5 Å². The molecule has 0 aliphatic heterocycles. The van der Waals surface area contributed by atoms with Gasteiger partial charge in [0.05, 0.1) is 19.9 Å². The first-order valence-electron chi connectivity index (χ1n) is 8.84. The Morgan fingerprint density at radius 3 is 2.23 bits per heavy atom. The number of nitrogens with one attached hydrogen (secondary N) is 2. The van der Waals surface area contributed by atoms with Crippen LogP contribution < -0.4 is 19.5 Å². The molecular weight excluding hydrogens is 410 g/mol. The van der Waals surface area contributed by atoms with Gasteiger partial charge in [0.25, 0.3) is 15.9 Å². The molecule has 9 nitrogen and oxygen atoms in total. The lowest BCUT2D eigenvalue weighted by Gasteiger charge is -2.14. The highest BCUT2D eigenvalue weighted by Crippen LogP contribution is 2.30. The topological polar surface area (TPSA) is 120 Å². The van der Waals surface area contributed by atoms with Crippen LogP contribution >= 0.6 is 0 Å². The van der Waals surface area contributed by atoms with Gasteiger partial charge in [-0.2, -0.15) is 0 Å². The maximum absolute atomic E-state index is 13.0. The van der Waals surface area contributed by atoms with Gasteiger partial charge in [0.15, 0.2) is 0 Å². The number of anilines is 2. The zero-order chi connectivity index (χ0) is 21.9. The van der Waals surface area contributed by atoms with Crippen molar-refractivity contribution >= 4 is 27.3 Å². The number of amides is 1. The van der Waals surface area contributed by atoms with Crippen molar-refractivity contribution in [1.82, 2.24) is 5.16 Å². The van der Waals surface area contributed by atoms with Crippen LogP contribution in [0.4, 0.5) is 11.4 Å². The number of carbonyl (C=O) groups excluding carboxylic acids is 1. The van der Waals surface area contributed by atoms with Crippen molar-refractivity contribution in [2.45, 2.75) is 18.7 Å². The minimum atomic E-state index is -4.00. The molecule has 0 fully saturated rings. The number of rotatable bonds is 7. The number of carbonyl (C=O) groups is 1. The summed E-state index contributed by atoms with van der Waals surface area (Å²) in [5.41, 5.74) is 1.36. The number of methoxy groups -OCH3 is 2. The van der Waals surface area contributed by atoms with E-state index in [9.17, 15) is 13.2 Å². The van der Waals surface area contributed by atoms with Gasteiger partial charge in [-0.3, -0.25) is 9.52 Å². The van der Waals surface area contributed by atoms with E-state index in [1.54, 1.807) is 44.2 Å². The number of hydrogen-bond acceptors (Lipinski definition) is 7. The van der Waals surface area contributed by atoms with E-state index in [1.807, 2.05) is 0 Å². The molecule has 0 saturated carbocycles. The largest absolute Gasteiger partial charge is 0.497 e. The van der Waals surface area contributed by atoms with E-state index < -0.39 is 15.9 Å². The molecule has 0 atom stereocenters. The summed E-state index contributed by atoms with van der Waals surface area (Å²) in [7, 11) is -1.12. The summed E-state index contributed by atoms with van der Waals surface area (Å²) in [6, 6.07) is 10.7. The molecule has 1 aromatic heterocycles.